The minimum Gasteiger partial charge on any atom is -0.314 e. The number of alkyl halides is 2. The summed E-state index contributed by atoms with van der Waals surface area (Å²) < 4.78 is 42.0. The molecule has 5 heteroatoms. The first-order valence-corrected chi connectivity index (χ1v) is 19.5. The highest BCUT2D eigenvalue weighted by Crippen LogP contribution is 2.31. The summed E-state index contributed by atoms with van der Waals surface area (Å²) in [5.41, 5.74) is 0. The van der Waals surface area contributed by atoms with Crippen molar-refractivity contribution in [2.45, 2.75) is 172 Å². The molecule has 0 radical (unpaired) electrons. The zero-order chi connectivity index (χ0) is 24.5. The summed E-state index contributed by atoms with van der Waals surface area (Å²) >= 11 is 0. The van der Waals surface area contributed by atoms with E-state index < -0.39 is 14.6 Å². The van der Waals surface area contributed by atoms with Crippen molar-refractivity contribution < 1.29 is 12.9 Å². The smallest absolute Gasteiger partial charge is 0.247 e. The van der Waals surface area contributed by atoms with Crippen LogP contribution in [0, 0.1) is 0 Å². The molecule has 33 heavy (non-hydrogen) atoms. The molecule has 1 unspecified atom stereocenters. The van der Waals surface area contributed by atoms with E-state index in [1.54, 1.807) is 0 Å². The molecule has 0 aromatic heterocycles. The molecule has 0 rings (SSSR count). The molecular weight excluding hydrogens is 449 g/mol. The van der Waals surface area contributed by atoms with E-state index in [9.17, 15) is 8.78 Å². The molecule has 0 fully saturated rings. The zero-order valence-corrected chi connectivity index (χ0v) is 25.0. The van der Waals surface area contributed by atoms with E-state index in [1.165, 1.54) is 70.3 Å². The molecule has 0 heterocycles. The second-order valence-corrected chi connectivity index (χ2v) is 16.4. The fourth-order valence-electron chi connectivity index (χ4n) is 4.94. The number of hydrogen-bond acceptors (Lipinski definition) is 0. The average molecular weight is 509 g/mol. The summed E-state index contributed by atoms with van der Waals surface area (Å²) in [4.78, 5) is 0. The number of hydrogen-bond donors (Lipinski definition) is 0. The topological polar surface area (TPSA) is 0 Å². The van der Waals surface area contributed by atoms with Gasteiger partial charge in [0.2, 0.25) is 8.41 Å². The molecule has 0 aliphatic carbocycles. The summed E-state index contributed by atoms with van der Waals surface area (Å²) in [5.74, 6) is 0. The highest BCUT2D eigenvalue weighted by atomic mass is 28.4. The minimum atomic E-state index is -2.58. The maximum atomic E-state index is 15.9. The average Bonchev–Trinajstić information content (AvgIpc) is 2.80. The van der Waals surface area contributed by atoms with Crippen molar-refractivity contribution in [3.63, 3.8) is 0 Å². The predicted molar refractivity (Wildman–Crippen MR) is 149 cm³/mol. The van der Waals surface area contributed by atoms with Gasteiger partial charge in [0.05, 0.1) is 12.8 Å². The van der Waals surface area contributed by atoms with E-state index in [-0.39, 0.29) is 16.2 Å². The lowest BCUT2D eigenvalue weighted by atomic mass is 10.1. The van der Waals surface area contributed by atoms with Gasteiger partial charge in [-0.3, -0.25) is 4.39 Å². The molecular formula is C28H59F3Si2. The Hall–Kier alpha value is 0.224. The summed E-state index contributed by atoms with van der Waals surface area (Å²) in [6.45, 7) is 4.24. The van der Waals surface area contributed by atoms with Crippen LogP contribution >= 0.6 is 0 Å². The quantitative estimate of drug-likeness (QED) is 0.0588. The van der Waals surface area contributed by atoms with Crippen LogP contribution in [0.5, 0.6) is 0 Å². The Balaban J connectivity index is 4.02. The van der Waals surface area contributed by atoms with Gasteiger partial charge in [-0.1, -0.05) is 129 Å². The first-order valence-electron chi connectivity index (χ1n) is 15.0. The zero-order valence-electron chi connectivity index (χ0n) is 22.6. The normalized spacial score (nSPS) is 13.4. The van der Waals surface area contributed by atoms with Crippen LogP contribution in [-0.2, 0) is 0 Å². The molecule has 0 bridgehead atoms. The third-order valence-electron chi connectivity index (χ3n) is 7.25. The van der Waals surface area contributed by atoms with Crippen LogP contribution in [0.15, 0.2) is 0 Å². The lowest BCUT2D eigenvalue weighted by Crippen LogP contribution is -2.28. The maximum absolute atomic E-state index is 15.9. The largest absolute Gasteiger partial charge is 0.314 e. The van der Waals surface area contributed by atoms with Gasteiger partial charge in [0.1, 0.15) is 0 Å². The Morgan fingerprint density at radius 3 is 1.61 bits per heavy atom. The molecule has 0 aliphatic rings. The number of unbranched alkanes of at least 4 members (excludes halogenated alkanes) is 14. The van der Waals surface area contributed by atoms with Gasteiger partial charge in [-0.05, 0) is 37.0 Å². The predicted octanol–water partition coefficient (Wildman–Crippen LogP) is 10.7. The van der Waals surface area contributed by atoms with Gasteiger partial charge < -0.3 is 4.11 Å². The molecule has 0 aliphatic heterocycles. The molecule has 0 saturated heterocycles. The first kappa shape index (κ1) is 33.2. The molecule has 0 N–H and O–H groups in total. The van der Waals surface area contributed by atoms with E-state index in [4.69, 9.17) is 0 Å². The van der Waals surface area contributed by atoms with Crippen molar-refractivity contribution in [3.05, 3.63) is 0 Å². The fourth-order valence-corrected chi connectivity index (χ4v) is 10.1. The Kier molecular flexibility index (Phi) is 25.5. The van der Waals surface area contributed by atoms with Gasteiger partial charge in [-0.2, -0.15) is 0 Å². The maximum Gasteiger partial charge on any atom is 0.247 e. The van der Waals surface area contributed by atoms with Gasteiger partial charge in [-0.25, -0.2) is 4.39 Å². The second kappa shape index (κ2) is 25.3. The molecule has 200 valence electrons. The van der Waals surface area contributed by atoms with Crippen molar-refractivity contribution in [2.75, 3.05) is 6.67 Å². The van der Waals surface area contributed by atoms with Crippen molar-refractivity contribution in [1.29, 1.82) is 0 Å². The standard InChI is InChI=1S/C28H59F3Si2/c1-3-5-7-9-13-18-24-33(31,25-19-14-10-8-6-4-2)26-20-17-23-32-27-28(30)21-15-11-12-16-22-29/h28H,3-27,32H2,1-2H3. The summed E-state index contributed by atoms with van der Waals surface area (Å²) in [6.07, 6.45) is 20.6. The van der Waals surface area contributed by atoms with Crippen molar-refractivity contribution in [2.24, 2.45) is 0 Å². The van der Waals surface area contributed by atoms with E-state index in [0.717, 1.165) is 69.1 Å². The first-order chi connectivity index (χ1) is 16.1. The lowest BCUT2D eigenvalue weighted by molar-refractivity contribution is 0.327. The monoisotopic (exact) mass is 508 g/mol. The highest BCUT2D eigenvalue weighted by Gasteiger charge is 2.32. The molecule has 0 amide bonds. The molecule has 0 aromatic carbocycles. The highest BCUT2D eigenvalue weighted by molar-refractivity contribution is 6.73. The van der Waals surface area contributed by atoms with Gasteiger partial charge in [0.25, 0.3) is 0 Å². The number of halogens is 3. The summed E-state index contributed by atoms with van der Waals surface area (Å²) in [7, 11) is -2.92. The van der Waals surface area contributed by atoms with Crippen LogP contribution < -0.4 is 0 Å². The van der Waals surface area contributed by atoms with Gasteiger partial charge in [0.15, 0.2) is 0 Å². The summed E-state index contributed by atoms with van der Waals surface area (Å²) in [5, 5.41) is 0. The van der Waals surface area contributed by atoms with Crippen molar-refractivity contribution >= 4 is 17.9 Å². The third kappa shape index (κ3) is 23.7. The van der Waals surface area contributed by atoms with Crippen LogP contribution in [0.25, 0.3) is 0 Å². The third-order valence-corrected chi connectivity index (χ3v) is 13.0. The molecule has 0 saturated carbocycles. The van der Waals surface area contributed by atoms with E-state index in [1.807, 2.05) is 0 Å². The second-order valence-electron chi connectivity index (χ2n) is 10.6. The van der Waals surface area contributed by atoms with Crippen LogP contribution in [0.1, 0.15) is 136 Å². The van der Waals surface area contributed by atoms with E-state index in [0.29, 0.717) is 12.8 Å². The molecule has 1 atom stereocenters. The molecule has 0 spiro atoms. The van der Waals surface area contributed by atoms with Crippen molar-refractivity contribution in [3.8, 4) is 0 Å². The Bertz CT molecular complexity index is 366. The summed E-state index contributed by atoms with van der Waals surface area (Å²) in [6, 6.07) is 4.61. The Morgan fingerprint density at radius 2 is 1.06 bits per heavy atom. The SMILES string of the molecule is CCCCCCCC[Si](F)(CCCCCCCC)CCCC[SiH2]CC(F)CCCCCCF. The Labute approximate surface area is 209 Å². The van der Waals surface area contributed by atoms with Crippen LogP contribution in [0.4, 0.5) is 12.9 Å². The van der Waals surface area contributed by atoms with E-state index in [2.05, 4.69) is 13.8 Å². The van der Waals surface area contributed by atoms with Crippen molar-refractivity contribution in [1.82, 2.24) is 0 Å². The van der Waals surface area contributed by atoms with Crippen LogP contribution in [-0.4, -0.2) is 30.8 Å². The minimum absolute atomic E-state index is 0.243. The van der Waals surface area contributed by atoms with Gasteiger partial charge in [0, 0.05) is 9.52 Å². The lowest BCUT2D eigenvalue weighted by Gasteiger charge is -2.23. The number of rotatable bonds is 27. The Morgan fingerprint density at radius 1 is 0.606 bits per heavy atom. The van der Waals surface area contributed by atoms with Gasteiger partial charge in [-0.15, -0.1) is 0 Å². The van der Waals surface area contributed by atoms with Gasteiger partial charge >= 0.3 is 0 Å². The molecule has 0 aromatic rings. The van der Waals surface area contributed by atoms with Crippen LogP contribution in [0.3, 0.4) is 0 Å². The van der Waals surface area contributed by atoms with Crippen LogP contribution in [0.2, 0.25) is 30.2 Å². The van der Waals surface area contributed by atoms with E-state index >= 15 is 4.11 Å². The fraction of sp³-hybridized carbons (Fsp3) is 1.00. The molecule has 0 nitrogen and oxygen atoms in total.